The van der Waals surface area contributed by atoms with Crippen molar-refractivity contribution in [2.45, 2.75) is 20.3 Å². The second kappa shape index (κ2) is 11.6. The average molecular weight is 388 g/mol. The normalized spacial score (nSPS) is 10.1. The Morgan fingerprint density at radius 2 is 1.54 bits per heavy atom. The van der Waals surface area contributed by atoms with Gasteiger partial charge in [0.2, 0.25) is 0 Å². The van der Waals surface area contributed by atoms with Crippen molar-refractivity contribution in [3.63, 3.8) is 0 Å². The van der Waals surface area contributed by atoms with Crippen molar-refractivity contribution < 1.29 is 23.7 Å². The lowest BCUT2D eigenvalue weighted by molar-refractivity contribution is 0.221. The number of urea groups is 1. The summed E-state index contributed by atoms with van der Waals surface area (Å²) in [5, 5.41) is 5.46. The Morgan fingerprint density at radius 3 is 2.25 bits per heavy atom. The molecule has 0 saturated heterocycles. The van der Waals surface area contributed by atoms with Gasteiger partial charge in [-0.2, -0.15) is 0 Å². The van der Waals surface area contributed by atoms with Gasteiger partial charge in [0.05, 0.1) is 20.3 Å². The lowest BCUT2D eigenvalue weighted by Gasteiger charge is -2.13. The van der Waals surface area contributed by atoms with E-state index in [0.717, 1.165) is 17.1 Å². The predicted molar refractivity (Wildman–Crippen MR) is 108 cm³/mol. The van der Waals surface area contributed by atoms with Crippen LogP contribution in [0.2, 0.25) is 0 Å². The van der Waals surface area contributed by atoms with Crippen molar-refractivity contribution in [1.29, 1.82) is 0 Å². The number of rotatable bonds is 11. The molecule has 0 aliphatic carbocycles. The molecule has 0 atom stereocenters. The molecular formula is C21H28N2O5. The number of ether oxygens (including phenoxy) is 4. The second-order valence-electron chi connectivity index (χ2n) is 5.77. The van der Waals surface area contributed by atoms with E-state index in [1.54, 1.807) is 19.2 Å². The van der Waals surface area contributed by atoms with E-state index in [1.165, 1.54) is 0 Å². The fraction of sp³-hybridized carbons (Fsp3) is 0.381. The molecule has 0 heterocycles. The van der Waals surface area contributed by atoms with Crippen molar-refractivity contribution >= 4 is 6.03 Å². The third kappa shape index (κ3) is 6.57. The van der Waals surface area contributed by atoms with E-state index in [4.69, 9.17) is 18.9 Å². The van der Waals surface area contributed by atoms with Gasteiger partial charge in [-0.1, -0.05) is 18.2 Å². The fourth-order valence-electron chi connectivity index (χ4n) is 2.55. The molecule has 2 amide bonds. The van der Waals surface area contributed by atoms with Crippen molar-refractivity contribution in [1.82, 2.24) is 10.6 Å². The highest BCUT2D eigenvalue weighted by molar-refractivity contribution is 5.73. The minimum absolute atomic E-state index is 0.0454. The van der Waals surface area contributed by atoms with Gasteiger partial charge in [0, 0.05) is 6.54 Å². The number of amides is 2. The molecule has 2 aromatic carbocycles. The highest BCUT2D eigenvalue weighted by Gasteiger charge is 2.07. The standard InChI is InChI=1S/C21H28N2O5/c1-4-26-19-11-10-16(14-20(19)27-5-2)12-13-22-21(24)23-15-28-18-9-7-6-8-17(18)25-3/h6-11,14H,4-5,12-13,15H2,1-3H3,(H2,22,23,24). The zero-order chi connectivity index (χ0) is 20.2. The van der Waals surface area contributed by atoms with Gasteiger partial charge in [-0.25, -0.2) is 4.79 Å². The molecule has 0 aliphatic heterocycles. The van der Waals surface area contributed by atoms with Crippen molar-refractivity contribution in [3.05, 3.63) is 48.0 Å². The number of hydrogen-bond donors (Lipinski definition) is 2. The highest BCUT2D eigenvalue weighted by atomic mass is 16.5. The average Bonchev–Trinajstić information content (AvgIpc) is 2.70. The van der Waals surface area contributed by atoms with Crippen LogP contribution in [0.15, 0.2) is 42.5 Å². The van der Waals surface area contributed by atoms with Gasteiger partial charge < -0.3 is 29.6 Å². The van der Waals surface area contributed by atoms with E-state index in [1.807, 2.05) is 44.2 Å². The number of benzene rings is 2. The Labute approximate surface area is 165 Å². The summed E-state index contributed by atoms with van der Waals surface area (Å²) in [5.41, 5.74) is 1.05. The summed E-state index contributed by atoms with van der Waals surface area (Å²) in [6.07, 6.45) is 0.674. The minimum atomic E-state index is -0.300. The van der Waals surface area contributed by atoms with Crippen LogP contribution in [0.4, 0.5) is 4.79 Å². The van der Waals surface area contributed by atoms with Crippen LogP contribution in [0.25, 0.3) is 0 Å². The Morgan fingerprint density at radius 1 is 0.857 bits per heavy atom. The molecule has 2 aromatic rings. The van der Waals surface area contributed by atoms with Gasteiger partial charge in [-0.05, 0) is 50.1 Å². The van der Waals surface area contributed by atoms with Crippen LogP contribution in [0.5, 0.6) is 23.0 Å². The molecule has 152 valence electrons. The first-order valence-electron chi connectivity index (χ1n) is 9.34. The second-order valence-corrected chi connectivity index (χ2v) is 5.77. The first-order valence-corrected chi connectivity index (χ1v) is 9.34. The molecule has 0 unspecified atom stereocenters. The first kappa shape index (κ1) is 21.2. The Kier molecular flexibility index (Phi) is 8.78. The van der Waals surface area contributed by atoms with Gasteiger partial charge in [-0.15, -0.1) is 0 Å². The van der Waals surface area contributed by atoms with E-state index in [9.17, 15) is 4.79 Å². The van der Waals surface area contributed by atoms with Crippen LogP contribution in [-0.4, -0.2) is 39.6 Å². The van der Waals surface area contributed by atoms with Crippen molar-refractivity contribution in [2.24, 2.45) is 0 Å². The molecule has 0 spiro atoms. The van der Waals surface area contributed by atoms with E-state index >= 15 is 0 Å². The predicted octanol–water partition coefficient (Wildman–Crippen LogP) is 3.37. The summed E-state index contributed by atoms with van der Waals surface area (Å²) in [6, 6.07) is 12.8. The fourth-order valence-corrected chi connectivity index (χ4v) is 2.55. The summed E-state index contributed by atoms with van der Waals surface area (Å²) in [6.45, 7) is 5.55. The Balaban J connectivity index is 1.75. The van der Waals surface area contributed by atoms with Crippen LogP contribution in [-0.2, 0) is 6.42 Å². The monoisotopic (exact) mass is 388 g/mol. The highest BCUT2D eigenvalue weighted by Crippen LogP contribution is 2.28. The lowest BCUT2D eigenvalue weighted by Crippen LogP contribution is -2.38. The van der Waals surface area contributed by atoms with Crippen molar-refractivity contribution in [2.75, 3.05) is 33.6 Å². The van der Waals surface area contributed by atoms with E-state index < -0.39 is 0 Å². The molecule has 0 aromatic heterocycles. The number of para-hydroxylation sites is 2. The summed E-state index contributed by atoms with van der Waals surface area (Å²) in [5.74, 6) is 2.64. The van der Waals surface area contributed by atoms with Crippen molar-refractivity contribution in [3.8, 4) is 23.0 Å². The quantitative estimate of drug-likeness (QED) is 0.577. The molecule has 2 N–H and O–H groups in total. The topological polar surface area (TPSA) is 78.1 Å². The number of hydrogen-bond acceptors (Lipinski definition) is 5. The van der Waals surface area contributed by atoms with Gasteiger partial charge in [-0.3, -0.25) is 0 Å². The molecule has 0 bridgehead atoms. The van der Waals surface area contributed by atoms with Crippen LogP contribution in [0.1, 0.15) is 19.4 Å². The number of nitrogens with one attached hydrogen (secondary N) is 2. The zero-order valence-corrected chi connectivity index (χ0v) is 16.6. The lowest BCUT2D eigenvalue weighted by atomic mass is 10.1. The SMILES string of the molecule is CCOc1ccc(CCNC(=O)NCOc2ccccc2OC)cc1OCC. The summed E-state index contributed by atoms with van der Waals surface area (Å²) in [4.78, 5) is 11.9. The molecule has 0 radical (unpaired) electrons. The molecule has 7 heteroatoms. The first-order chi connectivity index (χ1) is 13.7. The molecule has 0 aliphatic rings. The molecule has 28 heavy (non-hydrogen) atoms. The maximum Gasteiger partial charge on any atom is 0.317 e. The number of methoxy groups -OCH3 is 1. The van der Waals surface area contributed by atoms with Gasteiger partial charge in [0.1, 0.15) is 0 Å². The Hall–Kier alpha value is -3.09. The van der Waals surface area contributed by atoms with E-state index in [2.05, 4.69) is 10.6 Å². The maximum absolute atomic E-state index is 11.9. The van der Waals surface area contributed by atoms with Gasteiger partial charge in [0.25, 0.3) is 0 Å². The third-order valence-corrected chi connectivity index (χ3v) is 3.84. The van der Waals surface area contributed by atoms with Gasteiger partial charge in [0.15, 0.2) is 29.7 Å². The summed E-state index contributed by atoms with van der Waals surface area (Å²) >= 11 is 0. The zero-order valence-electron chi connectivity index (χ0n) is 16.6. The smallest absolute Gasteiger partial charge is 0.317 e. The van der Waals surface area contributed by atoms with Crippen LogP contribution in [0, 0.1) is 0 Å². The number of carbonyl (C=O) groups excluding carboxylic acids is 1. The number of carbonyl (C=O) groups is 1. The maximum atomic E-state index is 11.9. The third-order valence-electron chi connectivity index (χ3n) is 3.84. The summed E-state index contributed by atoms with van der Waals surface area (Å²) < 4.78 is 21.9. The minimum Gasteiger partial charge on any atom is -0.493 e. The van der Waals surface area contributed by atoms with E-state index in [-0.39, 0.29) is 12.8 Å². The molecule has 7 nitrogen and oxygen atoms in total. The largest absolute Gasteiger partial charge is 0.493 e. The summed E-state index contributed by atoms with van der Waals surface area (Å²) in [7, 11) is 1.57. The van der Waals surface area contributed by atoms with E-state index in [0.29, 0.717) is 37.7 Å². The van der Waals surface area contributed by atoms with Gasteiger partial charge >= 0.3 is 6.03 Å². The Bertz CT molecular complexity index is 751. The van der Waals surface area contributed by atoms with Crippen LogP contribution >= 0.6 is 0 Å². The molecule has 2 rings (SSSR count). The molecule has 0 fully saturated rings. The molecule has 0 saturated carbocycles. The molecular weight excluding hydrogens is 360 g/mol. The van der Waals surface area contributed by atoms with Crippen LogP contribution in [0.3, 0.4) is 0 Å². The van der Waals surface area contributed by atoms with Crippen LogP contribution < -0.4 is 29.6 Å².